The molecule has 1 rings (SSSR count). The minimum absolute atomic E-state index is 0.404. The molecule has 66 valence electrons. The van der Waals surface area contributed by atoms with Gasteiger partial charge in [-0.3, -0.25) is 4.55 Å². The quantitative estimate of drug-likeness (QED) is 0.512. The fourth-order valence-electron chi connectivity index (χ4n) is 1.39. The number of hydrogen-bond donors (Lipinski definition) is 1. The van der Waals surface area contributed by atoms with E-state index in [1.54, 1.807) is 0 Å². The van der Waals surface area contributed by atoms with E-state index in [1.165, 1.54) is 0 Å². The molecule has 1 fully saturated rings. The van der Waals surface area contributed by atoms with E-state index in [4.69, 9.17) is 16.2 Å². The van der Waals surface area contributed by atoms with Crippen LogP contribution < -0.4 is 0 Å². The average molecular weight is 199 g/mol. The van der Waals surface area contributed by atoms with Gasteiger partial charge in [0.25, 0.3) is 10.1 Å². The molecule has 0 spiro atoms. The summed E-state index contributed by atoms with van der Waals surface area (Å²) in [6, 6.07) is 0. The SMILES string of the molecule is O=S(=O)(O)C1CCCCC1Cl. The minimum Gasteiger partial charge on any atom is -0.285 e. The third-order valence-corrected chi connectivity index (χ3v) is 4.01. The fourth-order valence-corrected chi connectivity index (χ4v) is 3.03. The first kappa shape index (κ1) is 9.29. The van der Waals surface area contributed by atoms with Crippen molar-refractivity contribution >= 4 is 21.7 Å². The van der Waals surface area contributed by atoms with Gasteiger partial charge < -0.3 is 0 Å². The predicted octanol–water partition coefficient (Wildman–Crippen LogP) is 1.42. The lowest BCUT2D eigenvalue weighted by atomic mass is 10.00. The lowest BCUT2D eigenvalue weighted by Crippen LogP contribution is -2.32. The highest BCUT2D eigenvalue weighted by Crippen LogP contribution is 2.27. The Kier molecular flexibility index (Phi) is 2.78. The Morgan fingerprint density at radius 3 is 2.18 bits per heavy atom. The van der Waals surface area contributed by atoms with Gasteiger partial charge in [-0.05, 0) is 12.8 Å². The molecule has 1 saturated carbocycles. The van der Waals surface area contributed by atoms with Gasteiger partial charge in [-0.15, -0.1) is 11.6 Å². The summed E-state index contributed by atoms with van der Waals surface area (Å²) in [5.74, 6) is 0. The van der Waals surface area contributed by atoms with Gasteiger partial charge in [0.05, 0.1) is 5.38 Å². The maximum Gasteiger partial charge on any atom is 0.269 e. The van der Waals surface area contributed by atoms with Crippen LogP contribution in [0.25, 0.3) is 0 Å². The molecule has 2 atom stereocenters. The highest BCUT2D eigenvalue weighted by molar-refractivity contribution is 7.86. The Balaban J connectivity index is 2.70. The van der Waals surface area contributed by atoms with Crippen LogP contribution >= 0.6 is 11.6 Å². The van der Waals surface area contributed by atoms with Crippen LogP contribution in [0.1, 0.15) is 25.7 Å². The van der Waals surface area contributed by atoms with E-state index in [9.17, 15) is 8.42 Å². The molecule has 11 heavy (non-hydrogen) atoms. The van der Waals surface area contributed by atoms with Gasteiger partial charge in [0.2, 0.25) is 0 Å². The van der Waals surface area contributed by atoms with Crippen molar-refractivity contribution in [2.75, 3.05) is 0 Å². The van der Waals surface area contributed by atoms with Crippen LogP contribution in [-0.4, -0.2) is 23.6 Å². The number of rotatable bonds is 1. The van der Waals surface area contributed by atoms with Gasteiger partial charge in [0.1, 0.15) is 5.25 Å². The molecule has 1 N–H and O–H groups in total. The molecule has 0 radical (unpaired) electrons. The lowest BCUT2D eigenvalue weighted by molar-refractivity contribution is 0.428. The topological polar surface area (TPSA) is 54.4 Å². The van der Waals surface area contributed by atoms with Crippen LogP contribution in [0.2, 0.25) is 0 Å². The molecule has 1 aliphatic rings. The average Bonchev–Trinajstić information content (AvgIpc) is 1.86. The van der Waals surface area contributed by atoms with Crippen molar-refractivity contribution in [3.63, 3.8) is 0 Å². The van der Waals surface area contributed by atoms with Gasteiger partial charge in [0.15, 0.2) is 0 Å². The molecule has 3 nitrogen and oxygen atoms in total. The van der Waals surface area contributed by atoms with Gasteiger partial charge in [0, 0.05) is 0 Å². The molecular formula is C6H11ClO3S. The van der Waals surface area contributed by atoms with Crippen molar-refractivity contribution in [3.8, 4) is 0 Å². The maximum absolute atomic E-state index is 10.7. The van der Waals surface area contributed by atoms with Crippen LogP contribution in [-0.2, 0) is 10.1 Å². The van der Waals surface area contributed by atoms with Crippen molar-refractivity contribution in [2.45, 2.75) is 36.3 Å². The van der Waals surface area contributed by atoms with E-state index in [0.717, 1.165) is 12.8 Å². The standard InChI is InChI=1S/C6H11ClO3S/c7-5-3-1-2-4-6(5)11(8,9)10/h5-6H,1-4H2,(H,8,9,10). The third-order valence-electron chi connectivity index (χ3n) is 2.00. The molecule has 0 heterocycles. The van der Waals surface area contributed by atoms with Crippen molar-refractivity contribution in [2.24, 2.45) is 0 Å². The molecule has 0 aliphatic heterocycles. The van der Waals surface area contributed by atoms with E-state index in [0.29, 0.717) is 12.8 Å². The van der Waals surface area contributed by atoms with Crippen LogP contribution in [0.5, 0.6) is 0 Å². The first-order chi connectivity index (χ1) is 5.02. The highest BCUT2D eigenvalue weighted by Gasteiger charge is 2.32. The van der Waals surface area contributed by atoms with E-state index in [2.05, 4.69) is 0 Å². The second kappa shape index (κ2) is 3.29. The Bertz CT molecular complexity index is 224. The number of alkyl halides is 1. The zero-order valence-electron chi connectivity index (χ0n) is 6.03. The Morgan fingerprint density at radius 1 is 1.27 bits per heavy atom. The monoisotopic (exact) mass is 198 g/mol. The largest absolute Gasteiger partial charge is 0.285 e. The van der Waals surface area contributed by atoms with Gasteiger partial charge in [-0.2, -0.15) is 8.42 Å². The summed E-state index contributed by atoms with van der Waals surface area (Å²) in [7, 11) is -3.91. The Hall–Kier alpha value is 0.200. The zero-order chi connectivity index (χ0) is 8.48. The molecule has 0 aromatic heterocycles. The van der Waals surface area contributed by atoms with E-state index in [-0.39, 0.29) is 0 Å². The first-order valence-electron chi connectivity index (χ1n) is 3.62. The third kappa shape index (κ3) is 2.32. The second-order valence-corrected chi connectivity index (χ2v) is 5.05. The Labute approximate surface area is 71.5 Å². The van der Waals surface area contributed by atoms with Crippen molar-refractivity contribution < 1.29 is 13.0 Å². The summed E-state index contributed by atoms with van der Waals surface area (Å²) in [6.45, 7) is 0. The molecule has 0 amide bonds. The Morgan fingerprint density at radius 2 is 1.82 bits per heavy atom. The van der Waals surface area contributed by atoms with Crippen molar-refractivity contribution in [1.29, 1.82) is 0 Å². The number of halogens is 1. The van der Waals surface area contributed by atoms with E-state index in [1.807, 2.05) is 0 Å². The molecule has 2 unspecified atom stereocenters. The summed E-state index contributed by atoms with van der Waals surface area (Å²) < 4.78 is 30.0. The summed E-state index contributed by atoms with van der Waals surface area (Å²) >= 11 is 5.73. The van der Waals surface area contributed by atoms with Gasteiger partial charge >= 0.3 is 0 Å². The molecule has 1 aliphatic carbocycles. The first-order valence-corrected chi connectivity index (χ1v) is 5.56. The molecule has 0 aromatic rings. The summed E-state index contributed by atoms with van der Waals surface area (Å²) in [4.78, 5) is 0. The smallest absolute Gasteiger partial charge is 0.269 e. The maximum atomic E-state index is 10.7. The van der Waals surface area contributed by atoms with Crippen LogP contribution in [0.3, 0.4) is 0 Å². The van der Waals surface area contributed by atoms with Gasteiger partial charge in [-0.1, -0.05) is 12.8 Å². The van der Waals surface area contributed by atoms with Gasteiger partial charge in [-0.25, -0.2) is 0 Å². The summed E-state index contributed by atoms with van der Waals surface area (Å²) in [5, 5.41) is -1.14. The highest BCUT2D eigenvalue weighted by atomic mass is 35.5. The van der Waals surface area contributed by atoms with E-state index < -0.39 is 20.7 Å². The van der Waals surface area contributed by atoms with Crippen molar-refractivity contribution in [1.82, 2.24) is 0 Å². The molecule has 5 heteroatoms. The molecule has 0 aromatic carbocycles. The molecule has 0 bridgehead atoms. The second-order valence-electron chi connectivity index (χ2n) is 2.85. The predicted molar refractivity (Wildman–Crippen MR) is 43.4 cm³/mol. The van der Waals surface area contributed by atoms with Crippen LogP contribution in [0.15, 0.2) is 0 Å². The summed E-state index contributed by atoms with van der Waals surface area (Å²) in [6.07, 6.45) is 2.98. The van der Waals surface area contributed by atoms with Crippen LogP contribution in [0, 0.1) is 0 Å². The molecule has 0 saturated heterocycles. The lowest BCUT2D eigenvalue weighted by Gasteiger charge is -2.23. The summed E-state index contributed by atoms with van der Waals surface area (Å²) in [5.41, 5.74) is 0. The minimum atomic E-state index is -3.91. The normalized spacial score (nSPS) is 33.6. The molecular weight excluding hydrogens is 188 g/mol. The van der Waals surface area contributed by atoms with Crippen LogP contribution in [0.4, 0.5) is 0 Å². The van der Waals surface area contributed by atoms with Crippen molar-refractivity contribution in [3.05, 3.63) is 0 Å². The number of hydrogen-bond acceptors (Lipinski definition) is 2. The fraction of sp³-hybridized carbons (Fsp3) is 1.00. The van der Waals surface area contributed by atoms with E-state index >= 15 is 0 Å². The zero-order valence-corrected chi connectivity index (χ0v) is 7.61.